The molecule has 0 saturated carbocycles. The SMILES string of the molecule is CC(C)(C)[Si](C)(C)OCc1ccc(-c2ccc(Cl)cc2)o1. The van der Waals surface area contributed by atoms with Gasteiger partial charge in [-0.15, -0.1) is 0 Å². The van der Waals surface area contributed by atoms with Gasteiger partial charge in [0.05, 0.1) is 6.61 Å². The zero-order valence-electron chi connectivity index (χ0n) is 13.4. The third kappa shape index (κ3) is 4.00. The van der Waals surface area contributed by atoms with Gasteiger partial charge in [-0.1, -0.05) is 32.4 Å². The normalized spacial score (nSPS) is 12.7. The van der Waals surface area contributed by atoms with Gasteiger partial charge in [-0.25, -0.2) is 0 Å². The molecule has 0 aliphatic carbocycles. The summed E-state index contributed by atoms with van der Waals surface area (Å²) in [5.41, 5.74) is 1.03. The molecule has 0 aliphatic rings. The van der Waals surface area contributed by atoms with E-state index in [9.17, 15) is 0 Å². The van der Waals surface area contributed by atoms with Crippen LogP contribution in [-0.4, -0.2) is 8.32 Å². The number of hydrogen-bond donors (Lipinski definition) is 0. The van der Waals surface area contributed by atoms with Gasteiger partial charge in [0.1, 0.15) is 11.5 Å². The van der Waals surface area contributed by atoms with Gasteiger partial charge >= 0.3 is 0 Å². The summed E-state index contributed by atoms with van der Waals surface area (Å²) >= 11 is 5.90. The molecule has 0 aliphatic heterocycles. The largest absolute Gasteiger partial charge is 0.459 e. The van der Waals surface area contributed by atoms with Crippen LogP contribution in [0.3, 0.4) is 0 Å². The Morgan fingerprint density at radius 2 is 1.67 bits per heavy atom. The molecule has 0 saturated heterocycles. The smallest absolute Gasteiger partial charge is 0.192 e. The Morgan fingerprint density at radius 3 is 2.24 bits per heavy atom. The number of benzene rings is 1. The van der Waals surface area contributed by atoms with Crippen LogP contribution < -0.4 is 0 Å². The topological polar surface area (TPSA) is 22.4 Å². The third-order valence-corrected chi connectivity index (χ3v) is 8.90. The summed E-state index contributed by atoms with van der Waals surface area (Å²) in [6, 6.07) is 11.6. The molecule has 4 heteroatoms. The molecule has 2 rings (SSSR count). The molecule has 1 aromatic heterocycles. The fraction of sp³-hybridized carbons (Fsp3) is 0.412. The highest BCUT2D eigenvalue weighted by Crippen LogP contribution is 2.37. The average Bonchev–Trinajstić information content (AvgIpc) is 2.85. The molecule has 1 aromatic carbocycles. The van der Waals surface area contributed by atoms with Crippen molar-refractivity contribution in [2.75, 3.05) is 0 Å². The van der Waals surface area contributed by atoms with Crippen LogP contribution in [0.15, 0.2) is 40.8 Å². The quantitative estimate of drug-likeness (QED) is 0.632. The molecule has 2 aromatic rings. The highest BCUT2D eigenvalue weighted by molar-refractivity contribution is 6.74. The summed E-state index contributed by atoms with van der Waals surface area (Å²) < 4.78 is 12.0. The predicted molar refractivity (Wildman–Crippen MR) is 91.1 cm³/mol. The van der Waals surface area contributed by atoms with E-state index in [1.165, 1.54) is 0 Å². The average molecular weight is 323 g/mol. The van der Waals surface area contributed by atoms with E-state index in [-0.39, 0.29) is 5.04 Å². The molecule has 2 nitrogen and oxygen atoms in total. The van der Waals surface area contributed by atoms with Crippen LogP contribution in [0.1, 0.15) is 26.5 Å². The van der Waals surface area contributed by atoms with Crippen LogP contribution in [0.2, 0.25) is 23.2 Å². The van der Waals surface area contributed by atoms with Gasteiger partial charge in [-0.2, -0.15) is 0 Å². The molecular weight excluding hydrogens is 300 g/mol. The van der Waals surface area contributed by atoms with Crippen molar-refractivity contribution >= 4 is 19.9 Å². The summed E-state index contributed by atoms with van der Waals surface area (Å²) in [4.78, 5) is 0. The van der Waals surface area contributed by atoms with E-state index < -0.39 is 8.32 Å². The van der Waals surface area contributed by atoms with Crippen molar-refractivity contribution in [2.45, 2.75) is 45.5 Å². The first kappa shape index (κ1) is 16.3. The van der Waals surface area contributed by atoms with Gasteiger partial charge in [-0.05, 0) is 54.5 Å². The molecule has 0 unspecified atom stereocenters. The van der Waals surface area contributed by atoms with Crippen molar-refractivity contribution in [1.29, 1.82) is 0 Å². The molecule has 1 heterocycles. The van der Waals surface area contributed by atoms with Gasteiger partial charge in [0.25, 0.3) is 0 Å². The van der Waals surface area contributed by atoms with E-state index in [0.29, 0.717) is 6.61 Å². The molecule has 0 amide bonds. The van der Waals surface area contributed by atoms with Gasteiger partial charge in [0.15, 0.2) is 8.32 Å². The summed E-state index contributed by atoms with van der Waals surface area (Å²) in [6.45, 7) is 11.7. The van der Waals surface area contributed by atoms with Crippen LogP contribution in [0.25, 0.3) is 11.3 Å². The van der Waals surface area contributed by atoms with E-state index in [2.05, 4.69) is 33.9 Å². The van der Waals surface area contributed by atoms with E-state index in [0.717, 1.165) is 22.1 Å². The second-order valence-corrected chi connectivity index (χ2v) is 12.1. The maximum atomic E-state index is 6.17. The third-order valence-electron chi connectivity index (χ3n) is 4.17. The Bertz CT molecular complexity index is 594. The van der Waals surface area contributed by atoms with Crippen LogP contribution in [0, 0.1) is 0 Å². The minimum atomic E-state index is -1.74. The Kier molecular flexibility index (Phi) is 4.66. The number of hydrogen-bond acceptors (Lipinski definition) is 2. The summed E-state index contributed by atoms with van der Waals surface area (Å²) in [6.07, 6.45) is 0. The van der Waals surface area contributed by atoms with Gasteiger partial charge in [-0.3, -0.25) is 0 Å². The van der Waals surface area contributed by atoms with E-state index in [1.807, 2.05) is 36.4 Å². The van der Waals surface area contributed by atoms with Crippen molar-refractivity contribution in [3.63, 3.8) is 0 Å². The molecule has 0 radical (unpaired) electrons. The fourth-order valence-electron chi connectivity index (χ4n) is 1.69. The molecule has 0 atom stereocenters. The van der Waals surface area contributed by atoms with E-state index in [1.54, 1.807) is 0 Å². The second kappa shape index (κ2) is 5.99. The van der Waals surface area contributed by atoms with Crippen molar-refractivity contribution in [1.82, 2.24) is 0 Å². The lowest BCUT2D eigenvalue weighted by molar-refractivity contribution is 0.247. The maximum absolute atomic E-state index is 6.17. The molecule has 21 heavy (non-hydrogen) atoms. The molecule has 0 N–H and O–H groups in total. The van der Waals surface area contributed by atoms with Gasteiger partial charge in [0.2, 0.25) is 0 Å². The number of halogens is 1. The molecule has 0 fully saturated rings. The number of furan rings is 1. The zero-order chi connectivity index (χ0) is 15.7. The predicted octanol–water partition coefficient (Wildman–Crippen LogP) is 6.12. The highest BCUT2D eigenvalue weighted by atomic mass is 35.5. The Morgan fingerprint density at radius 1 is 1.05 bits per heavy atom. The first-order valence-corrected chi connectivity index (χ1v) is 10.5. The lowest BCUT2D eigenvalue weighted by Gasteiger charge is -2.35. The zero-order valence-corrected chi connectivity index (χ0v) is 15.1. The van der Waals surface area contributed by atoms with Crippen molar-refractivity contribution in [3.8, 4) is 11.3 Å². The maximum Gasteiger partial charge on any atom is 0.192 e. The van der Waals surface area contributed by atoms with Crippen molar-refractivity contribution < 1.29 is 8.84 Å². The Balaban J connectivity index is 2.06. The minimum absolute atomic E-state index is 0.207. The van der Waals surface area contributed by atoms with Gasteiger partial charge < -0.3 is 8.84 Å². The van der Waals surface area contributed by atoms with Crippen LogP contribution in [0.4, 0.5) is 0 Å². The Labute approximate surface area is 133 Å². The summed E-state index contributed by atoms with van der Waals surface area (Å²) in [5, 5.41) is 0.935. The minimum Gasteiger partial charge on any atom is -0.459 e. The highest BCUT2D eigenvalue weighted by Gasteiger charge is 2.37. The fourth-order valence-corrected chi connectivity index (χ4v) is 2.75. The van der Waals surface area contributed by atoms with E-state index in [4.69, 9.17) is 20.4 Å². The monoisotopic (exact) mass is 322 g/mol. The van der Waals surface area contributed by atoms with Crippen LogP contribution >= 0.6 is 11.6 Å². The first-order valence-electron chi connectivity index (χ1n) is 7.18. The van der Waals surface area contributed by atoms with Crippen LogP contribution in [0.5, 0.6) is 0 Å². The second-order valence-electron chi connectivity index (χ2n) is 6.82. The standard InChI is InChI=1S/C17H23ClO2Si/c1-17(2,3)21(4,5)19-12-15-10-11-16(20-15)13-6-8-14(18)9-7-13/h6-11H,12H2,1-5H3. The Hall–Kier alpha value is -1.03. The van der Waals surface area contributed by atoms with Crippen molar-refractivity contribution in [2.24, 2.45) is 0 Å². The van der Waals surface area contributed by atoms with Crippen LogP contribution in [-0.2, 0) is 11.0 Å². The lowest BCUT2D eigenvalue weighted by atomic mass is 10.2. The molecule has 0 bridgehead atoms. The van der Waals surface area contributed by atoms with Gasteiger partial charge in [0, 0.05) is 10.6 Å². The lowest BCUT2D eigenvalue weighted by Crippen LogP contribution is -2.40. The summed E-state index contributed by atoms with van der Waals surface area (Å²) in [5.74, 6) is 1.71. The molecule has 114 valence electrons. The molecular formula is C17H23ClO2Si. The first-order chi connectivity index (χ1) is 9.69. The summed E-state index contributed by atoms with van der Waals surface area (Å²) in [7, 11) is -1.74. The molecule has 0 spiro atoms. The number of rotatable bonds is 4. The van der Waals surface area contributed by atoms with Crippen molar-refractivity contribution in [3.05, 3.63) is 47.2 Å². The van der Waals surface area contributed by atoms with E-state index >= 15 is 0 Å².